The number of amides is 2. The molecule has 1 aliphatic rings. The second-order valence-corrected chi connectivity index (χ2v) is 6.05. The molecule has 21 heavy (non-hydrogen) atoms. The number of hydrogen-bond donors (Lipinski definition) is 2. The Hall–Kier alpha value is -1.55. The van der Waals surface area contributed by atoms with E-state index in [2.05, 4.69) is 10.6 Å². The molecule has 1 saturated carbocycles. The van der Waals surface area contributed by atoms with Crippen LogP contribution in [0.4, 0.5) is 10.5 Å². The average molecular weight is 290 g/mol. The third-order valence-electron chi connectivity index (χ3n) is 4.50. The van der Waals surface area contributed by atoms with E-state index in [4.69, 9.17) is 4.74 Å². The largest absolute Gasteiger partial charge is 0.381 e. The van der Waals surface area contributed by atoms with Gasteiger partial charge in [-0.1, -0.05) is 18.6 Å². The van der Waals surface area contributed by atoms with Crippen molar-refractivity contribution in [3.8, 4) is 0 Å². The molecular formula is C17H26N2O2. The van der Waals surface area contributed by atoms with Crippen LogP contribution in [0.5, 0.6) is 0 Å². The summed E-state index contributed by atoms with van der Waals surface area (Å²) in [4.78, 5) is 12.1. The van der Waals surface area contributed by atoms with Crippen molar-refractivity contribution in [1.82, 2.24) is 5.32 Å². The van der Waals surface area contributed by atoms with Gasteiger partial charge in [-0.3, -0.25) is 0 Å². The number of nitrogens with one attached hydrogen (secondary N) is 2. The Labute approximate surface area is 127 Å². The lowest BCUT2D eigenvalue weighted by molar-refractivity contribution is 0.00132. The second-order valence-electron chi connectivity index (χ2n) is 6.05. The van der Waals surface area contributed by atoms with E-state index in [1.165, 1.54) is 12.0 Å². The molecule has 4 nitrogen and oxygen atoms in total. The van der Waals surface area contributed by atoms with Gasteiger partial charge in [0.05, 0.1) is 6.61 Å². The maximum Gasteiger partial charge on any atom is 0.319 e. The number of rotatable bonds is 6. The minimum absolute atomic E-state index is 0.133. The molecule has 1 aliphatic carbocycles. The van der Waals surface area contributed by atoms with Gasteiger partial charge in [0.15, 0.2) is 0 Å². The highest BCUT2D eigenvalue weighted by Gasteiger charge is 2.37. The van der Waals surface area contributed by atoms with E-state index in [0.717, 1.165) is 37.3 Å². The zero-order valence-electron chi connectivity index (χ0n) is 13.3. The first kappa shape index (κ1) is 15.8. The molecule has 1 aromatic carbocycles. The Bertz CT molecular complexity index is 496. The van der Waals surface area contributed by atoms with Crippen molar-refractivity contribution in [2.45, 2.75) is 40.0 Å². The maximum absolute atomic E-state index is 12.1. The van der Waals surface area contributed by atoms with Crippen molar-refractivity contribution < 1.29 is 9.53 Å². The van der Waals surface area contributed by atoms with Gasteiger partial charge >= 0.3 is 6.03 Å². The lowest BCUT2D eigenvalue weighted by Gasteiger charge is -2.41. The number of carbonyl (C=O) groups excluding carboxylic acids is 1. The summed E-state index contributed by atoms with van der Waals surface area (Å²) in [6.45, 7) is 8.23. The van der Waals surface area contributed by atoms with Crippen molar-refractivity contribution >= 4 is 11.7 Å². The number of carbonyl (C=O) groups is 1. The summed E-state index contributed by atoms with van der Waals surface area (Å²) in [5.74, 6) is 0. The molecular weight excluding hydrogens is 264 g/mol. The molecule has 0 aliphatic heterocycles. The van der Waals surface area contributed by atoms with Crippen molar-refractivity contribution in [3.05, 3.63) is 29.3 Å². The third kappa shape index (κ3) is 3.97. The molecule has 0 aromatic heterocycles. The van der Waals surface area contributed by atoms with Gasteiger partial charge in [0.1, 0.15) is 0 Å². The minimum atomic E-state index is -0.133. The first-order chi connectivity index (χ1) is 10.1. The molecule has 2 amide bonds. The van der Waals surface area contributed by atoms with Gasteiger partial charge in [0.25, 0.3) is 0 Å². The molecule has 0 heterocycles. The highest BCUT2D eigenvalue weighted by atomic mass is 16.5. The number of benzene rings is 1. The minimum Gasteiger partial charge on any atom is -0.381 e. The SMILES string of the molecule is CCOCC1(CNC(=O)Nc2cccc(C)c2C)CCC1. The Balaban J connectivity index is 1.86. The van der Waals surface area contributed by atoms with Crippen molar-refractivity contribution in [1.29, 1.82) is 0 Å². The van der Waals surface area contributed by atoms with E-state index in [1.54, 1.807) is 0 Å². The maximum atomic E-state index is 12.1. The van der Waals surface area contributed by atoms with Crippen LogP contribution >= 0.6 is 0 Å². The standard InChI is InChI=1S/C17H26N2O2/c1-4-21-12-17(9-6-10-17)11-18-16(20)19-15-8-5-7-13(2)14(15)3/h5,7-8H,4,6,9-12H2,1-3H3,(H2,18,19,20). The molecule has 0 spiro atoms. The molecule has 0 radical (unpaired) electrons. The summed E-state index contributed by atoms with van der Waals surface area (Å²) in [6.07, 6.45) is 3.50. The van der Waals surface area contributed by atoms with Gasteiger partial charge in [-0.15, -0.1) is 0 Å². The predicted octanol–water partition coefficient (Wildman–Crippen LogP) is 3.63. The molecule has 0 saturated heterocycles. The number of anilines is 1. The van der Waals surface area contributed by atoms with Crippen molar-refractivity contribution in [3.63, 3.8) is 0 Å². The quantitative estimate of drug-likeness (QED) is 0.840. The van der Waals surface area contributed by atoms with Gasteiger partial charge in [0.2, 0.25) is 0 Å². The number of ether oxygens (including phenoxy) is 1. The van der Waals surface area contributed by atoms with Crippen LogP contribution in [-0.2, 0) is 4.74 Å². The summed E-state index contributed by atoms with van der Waals surface area (Å²) in [6, 6.07) is 5.80. The lowest BCUT2D eigenvalue weighted by atomic mass is 9.69. The summed E-state index contributed by atoms with van der Waals surface area (Å²) >= 11 is 0. The van der Waals surface area contributed by atoms with Gasteiger partial charge in [-0.25, -0.2) is 4.79 Å². The van der Waals surface area contributed by atoms with E-state index >= 15 is 0 Å². The molecule has 0 atom stereocenters. The molecule has 1 fully saturated rings. The predicted molar refractivity (Wildman–Crippen MR) is 85.7 cm³/mol. The average Bonchev–Trinajstić information content (AvgIpc) is 2.42. The van der Waals surface area contributed by atoms with Crippen LogP contribution in [0.2, 0.25) is 0 Å². The first-order valence-electron chi connectivity index (χ1n) is 7.75. The van der Waals surface area contributed by atoms with E-state index in [9.17, 15) is 4.79 Å². The molecule has 2 N–H and O–H groups in total. The Morgan fingerprint density at radius 3 is 2.71 bits per heavy atom. The smallest absolute Gasteiger partial charge is 0.319 e. The first-order valence-corrected chi connectivity index (χ1v) is 7.75. The number of hydrogen-bond acceptors (Lipinski definition) is 2. The van der Waals surface area contributed by atoms with E-state index in [0.29, 0.717) is 6.54 Å². The lowest BCUT2D eigenvalue weighted by Crippen LogP contribution is -2.46. The summed E-state index contributed by atoms with van der Waals surface area (Å²) in [5, 5.41) is 5.94. The molecule has 0 bridgehead atoms. The summed E-state index contributed by atoms with van der Waals surface area (Å²) < 4.78 is 5.55. The number of aryl methyl sites for hydroxylation is 1. The van der Waals surface area contributed by atoms with E-state index in [-0.39, 0.29) is 11.4 Å². The monoisotopic (exact) mass is 290 g/mol. The van der Waals surface area contributed by atoms with Gasteiger partial charge < -0.3 is 15.4 Å². The highest BCUT2D eigenvalue weighted by Crippen LogP contribution is 2.40. The fourth-order valence-electron chi connectivity index (χ4n) is 2.69. The second kappa shape index (κ2) is 6.94. The van der Waals surface area contributed by atoms with Crippen LogP contribution in [0.1, 0.15) is 37.3 Å². The van der Waals surface area contributed by atoms with Crippen LogP contribution in [0.3, 0.4) is 0 Å². The molecule has 0 unspecified atom stereocenters. The molecule has 116 valence electrons. The van der Waals surface area contributed by atoms with E-state index in [1.807, 2.05) is 39.0 Å². The molecule has 4 heteroatoms. The van der Waals surface area contributed by atoms with Crippen molar-refractivity contribution in [2.24, 2.45) is 5.41 Å². The van der Waals surface area contributed by atoms with E-state index < -0.39 is 0 Å². The van der Waals surface area contributed by atoms with Crippen LogP contribution in [0.25, 0.3) is 0 Å². The normalized spacial score (nSPS) is 16.1. The van der Waals surface area contributed by atoms with Crippen LogP contribution in [-0.4, -0.2) is 25.8 Å². The number of urea groups is 1. The fourth-order valence-corrected chi connectivity index (χ4v) is 2.69. The Kier molecular flexibility index (Phi) is 5.23. The third-order valence-corrected chi connectivity index (χ3v) is 4.50. The Morgan fingerprint density at radius 2 is 2.10 bits per heavy atom. The van der Waals surface area contributed by atoms with Crippen LogP contribution < -0.4 is 10.6 Å². The van der Waals surface area contributed by atoms with Crippen LogP contribution in [0.15, 0.2) is 18.2 Å². The van der Waals surface area contributed by atoms with Gasteiger partial charge in [-0.05, 0) is 50.8 Å². The zero-order valence-corrected chi connectivity index (χ0v) is 13.3. The zero-order chi connectivity index (χ0) is 15.3. The van der Waals surface area contributed by atoms with Gasteiger partial charge in [0, 0.05) is 24.3 Å². The summed E-state index contributed by atoms with van der Waals surface area (Å²) in [7, 11) is 0. The van der Waals surface area contributed by atoms with Gasteiger partial charge in [-0.2, -0.15) is 0 Å². The Morgan fingerprint density at radius 1 is 1.33 bits per heavy atom. The summed E-state index contributed by atoms with van der Waals surface area (Å²) in [5.41, 5.74) is 3.31. The molecule has 1 aromatic rings. The van der Waals surface area contributed by atoms with Crippen molar-refractivity contribution in [2.75, 3.05) is 25.1 Å². The highest BCUT2D eigenvalue weighted by molar-refractivity contribution is 5.90. The molecule has 2 rings (SSSR count). The van der Waals surface area contributed by atoms with Crippen LogP contribution in [0, 0.1) is 19.3 Å². The topological polar surface area (TPSA) is 50.4 Å². The fraction of sp³-hybridized carbons (Fsp3) is 0.588.